The number of aromatic amines is 1. The normalized spacial score (nSPS) is 16.7. The predicted octanol–water partition coefficient (Wildman–Crippen LogP) is 2.79. The van der Waals surface area contributed by atoms with E-state index in [9.17, 15) is 9.59 Å². The van der Waals surface area contributed by atoms with E-state index in [1.54, 1.807) is 23.1 Å². The highest BCUT2D eigenvalue weighted by atomic mass is 16.5. The van der Waals surface area contributed by atoms with Gasteiger partial charge in [0.2, 0.25) is 0 Å². The van der Waals surface area contributed by atoms with E-state index in [4.69, 9.17) is 9.47 Å². The Bertz CT molecular complexity index is 822. The average Bonchev–Trinajstić information content (AvgIpc) is 3.23. The highest BCUT2D eigenvalue weighted by molar-refractivity contribution is 5.95. The van der Waals surface area contributed by atoms with Crippen LogP contribution in [0.5, 0.6) is 5.75 Å². The monoisotopic (exact) mass is 387 g/mol. The van der Waals surface area contributed by atoms with Crippen molar-refractivity contribution in [3.63, 3.8) is 0 Å². The summed E-state index contributed by atoms with van der Waals surface area (Å²) in [6, 6.07) is 4.59. The third-order valence-corrected chi connectivity index (χ3v) is 4.53. The Hall–Kier alpha value is -3.10. The van der Waals surface area contributed by atoms with Crippen molar-refractivity contribution in [2.45, 2.75) is 38.7 Å². The van der Waals surface area contributed by atoms with Crippen molar-refractivity contribution in [3.05, 3.63) is 35.9 Å². The number of likely N-dealkylation sites (tertiary alicyclic amines) is 1. The van der Waals surface area contributed by atoms with Gasteiger partial charge in [0.15, 0.2) is 0 Å². The van der Waals surface area contributed by atoms with E-state index in [0.29, 0.717) is 30.1 Å². The third-order valence-electron chi connectivity index (χ3n) is 4.53. The average molecular weight is 387 g/mol. The van der Waals surface area contributed by atoms with Crippen molar-refractivity contribution in [1.29, 1.82) is 0 Å². The molecule has 1 unspecified atom stereocenters. The van der Waals surface area contributed by atoms with Gasteiger partial charge in [0.25, 0.3) is 0 Å². The Kier molecular flexibility index (Phi) is 6.13. The van der Waals surface area contributed by atoms with Crippen molar-refractivity contribution in [3.8, 4) is 5.75 Å². The number of rotatable bonds is 5. The van der Waals surface area contributed by atoms with E-state index in [-0.39, 0.29) is 18.1 Å². The molecule has 2 aromatic rings. The van der Waals surface area contributed by atoms with Crippen LogP contribution in [0, 0.1) is 0 Å². The zero-order valence-corrected chi connectivity index (χ0v) is 16.3. The van der Waals surface area contributed by atoms with Gasteiger partial charge < -0.3 is 19.7 Å². The van der Waals surface area contributed by atoms with Crippen LogP contribution in [0.1, 0.15) is 48.8 Å². The molecule has 1 aromatic carbocycles. The van der Waals surface area contributed by atoms with Crippen molar-refractivity contribution in [1.82, 2.24) is 20.1 Å². The van der Waals surface area contributed by atoms with Crippen molar-refractivity contribution in [2.24, 2.45) is 0 Å². The molecule has 9 nitrogen and oxygen atoms in total. The fourth-order valence-corrected chi connectivity index (χ4v) is 3.22. The van der Waals surface area contributed by atoms with Crippen LogP contribution in [0.15, 0.2) is 24.5 Å². The summed E-state index contributed by atoms with van der Waals surface area (Å²) in [6.45, 7) is 4.98. The van der Waals surface area contributed by atoms with Gasteiger partial charge in [-0.2, -0.15) is 5.10 Å². The minimum absolute atomic E-state index is 0.0783. The van der Waals surface area contributed by atoms with Crippen LogP contribution < -0.4 is 10.1 Å². The quantitative estimate of drug-likeness (QED) is 0.764. The minimum Gasteiger partial charge on any atom is -0.489 e. The molecular weight excluding hydrogens is 362 g/mol. The molecule has 150 valence electrons. The van der Waals surface area contributed by atoms with Gasteiger partial charge in [0.1, 0.15) is 17.9 Å². The Balaban J connectivity index is 1.76. The Morgan fingerprint density at radius 1 is 1.36 bits per heavy atom. The lowest BCUT2D eigenvalue weighted by Crippen LogP contribution is -2.42. The molecule has 2 heterocycles. The van der Waals surface area contributed by atoms with Gasteiger partial charge in [0.05, 0.1) is 24.5 Å². The van der Waals surface area contributed by atoms with Crippen LogP contribution in [-0.2, 0) is 4.74 Å². The molecule has 1 fully saturated rings. The Labute approximate surface area is 163 Å². The predicted molar refractivity (Wildman–Crippen MR) is 102 cm³/mol. The molecule has 28 heavy (non-hydrogen) atoms. The van der Waals surface area contributed by atoms with Gasteiger partial charge in [-0.3, -0.25) is 5.10 Å². The Morgan fingerprint density at radius 3 is 2.86 bits per heavy atom. The SMILES string of the molecule is COC(=O)c1ccc(OC(C)C)c(NC(=O)N2CCCC(c3ncn[nH]3)C2)c1. The minimum atomic E-state index is -0.477. The number of anilines is 1. The number of nitrogens with zero attached hydrogens (tertiary/aromatic N) is 3. The van der Waals surface area contributed by atoms with Gasteiger partial charge >= 0.3 is 12.0 Å². The first-order valence-electron chi connectivity index (χ1n) is 9.28. The number of urea groups is 1. The molecule has 2 N–H and O–H groups in total. The van der Waals surface area contributed by atoms with Crippen LogP contribution in [0.4, 0.5) is 10.5 Å². The van der Waals surface area contributed by atoms with Crippen LogP contribution >= 0.6 is 0 Å². The van der Waals surface area contributed by atoms with Crippen LogP contribution in [0.2, 0.25) is 0 Å². The summed E-state index contributed by atoms with van der Waals surface area (Å²) in [4.78, 5) is 30.7. The third kappa shape index (κ3) is 4.59. The summed E-state index contributed by atoms with van der Waals surface area (Å²) in [5, 5.41) is 9.65. The summed E-state index contributed by atoms with van der Waals surface area (Å²) < 4.78 is 10.5. The molecule has 0 bridgehead atoms. The molecule has 0 radical (unpaired) electrons. The fraction of sp³-hybridized carbons (Fsp3) is 0.474. The number of piperidine rings is 1. The summed E-state index contributed by atoms with van der Waals surface area (Å²) >= 11 is 0. The van der Waals surface area contributed by atoms with Gasteiger partial charge in [-0.1, -0.05) is 0 Å². The van der Waals surface area contributed by atoms with Crippen LogP contribution in [0.3, 0.4) is 0 Å². The van der Waals surface area contributed by atoms with E-state index in [0.717, 1.165) is 18.7 Å². The zero-order valence-electron chi connectivity index (χ0n) is 16.3. The maximum Gasteiger partial charge on any atom is 0.337 e. The highest BCUT2D eigenvalue weighted by Crippen LogP contribution is 2.29. The second kappa shape index (κ2) is 8.73. The molecule has 0 spiro atoms. The van der Waals surface area contributed by atoms with Gasteiger partial charge in [-0.05, 0) is 44.9 Å². The van der Waals surface area contributed by atoms with Crippen LogP contribution in [0.25, 0.3) is 0 Å². The molecule has 1 aromatic heterocycles. The number of nitrogens with one attached hydrogen (secondary N) is 2. The molecule has 1 atom stereocenters. The number of H-pyrrole nitrogens is 1. The number of carbonyl (C=O) groups excluding carboxylic acids is 2. The summed E-state index contributed by atoms with van der Waals surface area (Å²) in [5.41, 5.74) is 0.774. The molecule has 1 aliphatic heterocycles. The standard InChI is InChI=1S/C19H25N5O4/c1-12(2)28-16-7-6-13(18(25)27-3)9-15(16)22-19(26)24-8-4-5-14(10-24)17-20-11-21-23-17/h6-7,9,11-12,14H,4-5,8,10H2,1-3H3,(H,22,26)(H,20,21,23). The largest absolute Gasteiger partial charge is 0.489 e. The highest BCUT2D eigenvalue weighted by Gasteiger charge is 2.27. The molecule has 0 saturated carbocycles. The van der Waals surface area contributed by atoms with E-state index < -0.39 is 5.97 Å². The molecule has 9 heteroatoms. The number of aromatic nitrogens is 3. The first-order valence-corrected chi connectivity index (χ1v) is 9.28. The lowest BCUT2D eigenvalue weighted by atomic mass is 9.98. The summed E-state index contributed by atoms with van der Waals surface area (Å²) in [6.07, 6.45) is 3.21. The number of benzene rings is 1. The van der Waals surface area contributed by atoms with Crippen molar-refractivity contribution >= 4 is 17.7 Å². The molecular formula is C19H25N5O4. The number of hydrogen-bond donors (Lipinski definition) is 2. The molecule has 0 aliphatic carbocycles. The Morgan fingerprint density at radius 2 is 2.18 bits per heavy atom. The van der Waals surface area contributed by atoms with E-state index in [1.165, 1.54) is 13.4 Å². The van der Waals surface area contributed by atoms with Gasteiger partial charge in [-0.25, -0.2) is 14.6 Å². The smallest absolute Gasteiger partial charge is 0.337 e. The zero-order chi connectivity index (χ0) is 20.1. The number of ether oxygens (including phenoxy) is 2. The summed E-state index contributed by atoms with van der Waals surface area (Å²) in [7, 11) is 1.32. The number of hydrogen-bond acceptors (Lipinski definition) is 6. The maximum atomic E-state index is 12.9. The molecule has 3 rings (SSSR count). The molecule has 2 amide bonds. The second-order valence-corrected chi connectivity index (χ2v) is 6.96. The van der Waals surface area contributed by atoms with Gasteiger partial charge in [0, 0.05) is 19.0 Å². The lowest BCUT2D eigenvalue weighted by Gasteiger charge is -2.32. The molecule has 1 saturated heterocycles. The number of carbonyl (C=O) groups is 2. The van der Waals surface area contributed by atoms with Crippen LogP contribution in [-0.4, -0.2) is 58.4 Å². The number of methoxy groups -OCH3 is 1. The topological polar surface area (TPSA) is 109 Å². The number of amides is 2. The number of esters is 1. The summed E-state index contributed by atoms with van der Waals surface area (Å²) in [5.74, 6) is 0.929. The fourth-order valence-electron chi connectivity index (χ4n) is 3.22. The first kappa shape index (κ1) is 19.7. The van der Waals surface area contributed by atoms with Crippen molar-refractivity contribution < 1.29 is 19.1 Å². The van der Waals surface area contributed by atoms with Gasteiger partial charge in [-0.15, -0.1) is 0 Å². The lowest BCUT2D eigenvalue weighted by molar-refractivity contribution is 0.0600. The second-order valence-electron chi connectivity index (χ2n) is 6.96. The maximum absolute atomic E-state index is 12.9. The molecule has 1 aliphatic rings. The van der Waals surface area contributed by atoms with E-state index in [2.05, 4.69) is 20.5 Å². The van der Waals surface area contributed by atoms with E-state index in [1.807, 2.05) is 13.8 Å². The van der Waals surface area contributed by atoms with Crippen molar-refractivity contribution in [2.75, 3.05) is 25.5 Å². The first-order chi connectivity index (χ1) is 13.5. The van der Waals surface area contributed by atoms with E-state index >= 15 is 0 Å².